The summed E-state index contributed by atoms with van der Waals surface area (Å²) < 4.78 is 13.2. The molecule has 0 radical (unpaired) electrons. The molecule has 1 aromatic rings. The van der Waals surface area contributed by atoms with Gasteiger partial charge in [0.1, 0.15) is 5.82 Å². The lowest BCUT2D eigenvalue weighted by atomic mass is 10.0. The van der Waals surface area contributed by atoms with Crippen LogP contribution in [0.4, 0.5) is 4.39 Å². The lowest BCUT2D eigenvalue weighted by Gasteiger charge is -2.09. The van der Waals surface area contributed by atoms with E-state index in [1.165, 1.54) is 6.07 Å². The summed E-state index contributed by atoms with van der Waals surface area (Å²) in [4.78, 5) is 11.6. The monoisotopic (exact) mass is 195 g/mol. The molecule has 0 unspecified atom stereocenters. The molecule has 0 aromatic heterocycles. The quantitative estimate of drug-likeness (QED) is 0.770. The van der Waals surface area contributed by atoms with E-state index in [-0.39, 0.29) is 11.7 Å². The highest BCUT2D eigenvalue weighted by atomic mass is 19.1. The van der Waals surface area contributed by atoms with Crippen molar-refractivity contribution in [1.29, 1.82) is 0 Å². The van der Waals surface area contributed by atoms with Crippen LogP contribution in [0.2, 0.25) is 0 Å². The van der Waals surface area contributed by atoms with Crippen LogP contribution in [-0.2, 0) is 0 Å². The van der Waals surface area contributed by atoms with Crippen molar-refractivity contribution in [3.63, 3.8) is 0 Å². The van der Waals surface area contributed by atoms with Gasteiger partial charge in [-0.05, 0) is 38.0 Å². The summed E-state index contributed by atoms with van der Waals surface area (Å²) >= 11 is 0. The highest BCUT2D eigenvalue weighted by Gasteiger charge is 2.13. The van der Waals surface area contributed by atoms with Gasteiger partial charge in [0.05, 0.1) is 0 Å². The van der Waals surface area contributed by atoms with E-state index in [9.17, 15) is 9.18 Å². The number of halogens is 1. The topological polar surface area (TPSA) is 29.1 Å². The molecule has 0 atom stereocenters. The third-order valence-electron chi connectivity index (χ3n) is 2.17. The Balaban J connectivity index is 3.18. The maximum atomic E-state index is 13.2. The van der Waals surface area contributed by atoms with Crippen LogP contribution >= 0.6 is 0 Å². The number of carbonyl (C=O) groups excluding carboxylic acids is 1. The molecule has 14 heavy (non-hydrogen) atoms. The molecule has 0 saturated carbocycles. The fourth-order valence-electron chi connectivity index (χ4n) is 1.42. The molecule has 0 heterocycles. The number of hydrogen-bond acceptors (Lipinski definition) is 1. The van der Waals surface area contributed by atoms with E-state index in [4.69, 9.17) is 0 Å². The van der Waals surface area contributed by atoms with Gasteiger partial charge in [0.25, 0.3) is 5.91 Å². The van der Waals surface area contributed by atoms with Crippen LogP contribution in [0.3, 0.4) is 0 Å². The summed E-state index contributed by atoms with van der Waals surface area (Å²) in [5.41, 5.74) is 1.66. The van der Waals surface area contributed by atoms with Gasteiger partial charge in [0.2, 0.25) is 0 Å². The Morgan fingerprint density at radius 1 is 1.43 bits per heavy atom. The van der Waals surface area contributed by atoms with Crippen molar-refractivity contribution in [3.8, 4) is 0 Å². The van der Waals surface area contributed by atoms with E-state index in [2.05, 4.69) is 5.32 Å². The first-order valence-electron chi connectivity index (χ1n) is 4.61. The normalized spacial score (nSPS) is 10.0. The van der Waals surface area contributed by atoms with Gasteiger partial charge in [-0.15, -0.1) is 0 Å². The van der Waals surface area contributed by atoms with Gasteiger partial charge < -0.3 is 5.32 Å². The van der Waals surface area contributed by atoms with Gasteiger partial charge in [0, 0.05) is 12.1 Å². The average Bonchev–Trinajstić information content (AvgIpc) is 2.13. The van der Waals surface area contributed by atoms with Crippen LogP contribution in [-0.4, -0.2) is 12.5 Å². The van der Waals surface area contributed by atoms with Crippen molar-refractivity contribution in [2.45, 2.75) is 20.8 Å². The zero-order valence-corrected chi connectivity index (χ0v) is 8.65. The molecular weight excluding hydrogens is 181 g/mol. The number of aryl methyl sites for hydroxylation is 1. The Labute approximate surface area is 83.1 Å². The maximum Gasteiger partial charge on any atom is 0.251 e. The van der Waals surface area contributed by atoms with Crippen LogP contribution in [0.1, 0.15) is 28.4 Å². The van der Waals surface area contributed by atoms with Crippen LogP contribution in [0, 0.1) is 19.7 Å². The minimum Gasteiger partial charge on any atom is -0.352 e. The van der Waals surface area contributed by atoms with E-state index in [0.717, 1.165) is 5.56 Å². The van der Waals surface area contributed by atoms with E-state index < -0.39 is 0 Å². The first-order chi connectivity index (χ1) is 6.57. The molecule has 0 spiro atoms. The molecule has 3 heteroatoms. The number of hydrogen-bond donors (Lipinski definition) is 1. The van der Waals surface area contributed by atoms with Gasteiger partial charge in [-0.3, -0.25) is 4.79 Å². The molecule has 1 N–H and O–H groups in total. The molecule has 0 fully saturated rings. The number of benzene rings is 1. The standard InChI is InChI=1S/C11H14FNO/c1-4-13-11(14)10-7(2)5-6-9(12)8(10)3/h5-6H,4H2,1-3H3,(H,13,14). The second kappa shape index (κ2) is 4.22. The Kier molecular flexibility index (Phi) is 3.23. The molecular formula is C11H14FNO. The molecule has 0 aliphatic rings. The van der Waals surface area contributed by atoms with Crippen LogP contribution < -0.4 is 5.32 Å². The van der Waals surface area contributed by atoms with E-state index in [1.54, 1.807) is 19.9 Å². The van der Waals surface area contributed by atoms with Gasteiger partial charge in [-0.1, -0.05) is 6.07 Å². The first kappa shape index (κ1) is 10.7. The molecule has 0 aliphatic carbocycles. The van der Waals surface area contributed by atoms with Crippen LogP contribution in [0.25, 0.3) is 0 Å². The van der Waals surface area contributed by atoms with Crippen molar-refractivity contribution >= 4 is 5.91 Å². The third kappa shape index (κ3) is 1.92. The van der Waals surface area contributed by atoms with Crippen molar-refractivity contribution < 1.29 is 9.18 Å². The Morgan fingerprint density at radius 3 is 2.64 bits per heavy atom. The minimum absolute atomic E-state index is 0.206. The summed E-state index contributed by atoms with van der Waals surface area (Å²) in [5, 5.41) is 2.67. The second-order valence-electron chi connectivity index (χ2n) is 3.22. The molecule has 2 nitrogen and oxygen atoms in total. The number of rotatable bonds is 2. The van der Waals surface area contributed by atoms with Gasteiger partial charge in [-0.2, -0.15) is 0 Å². The molecule has 1 aromatic carbocycles. The predicted molar refractivity (Wildman–Crippen MR) is 53.9 cm³/mol. The van der Waals surface area contributed by atoms with Gasteiger partial charge in [-0.25, -0.2) is 4.39 Å². The van der Waals surface area contributed by atoms with E-state index >= 15 is 0 Å². The zero-order chi connectivity index (χ0) is 10.7. The van der Waals surface area contributed by atoms with Crippen molar-refractivity contribution in [1.82, 2.24) is 5.32 Å². The van der Waals surface area contributed by atoms with E-state index in [1.807, 2.05) is 6.92 Å². The number of carbonyl (C=O) groups is 1. The maximum absolute atomic E-state index is 13.2. The van der Waals surface area contributed by atoms with Gasteiger partial charge >= 0.3 is 0 Å². The molecule has 76 valence electrons. The van der Waals surface area contributed by atoms with Crippen LogP contribution in [0.5, 0.6) is 0 Å². The lowest BCUT2D eigenvalue weighted by Crippen LogP contribution is -2.24. The molecule has 1 rings (SSSR count). The Hall–Kier alpha value is -1.38. The third-order valence-corrected chi connectivity index (χ3v) is 2.17. The highest BCUT2D eigenvalue weighted by Crippen LogP contribution is 2.16. The number of amides is 1. The lowest BCUT2D eigenvalue weighted by molar-refractivity contribution is 0.0954. The molecule has 1 amide bonds. The molecule has 0 bridgehead atoms. The second-order valence-corrected chi connectivity index (χ2v) is 3.22. The molecule has 0 saturated heterocycles. The predicted octanol–water partition coefficient (Wildman–Crippen LogP) is 2.19. The van der Waals surface area contributed by atoms with Gasteiger partial charge in [0.15, 0.2) is 0 Å². The summed E-state index contributed by atoms with van der Waals surface area (Å²) in [6.07, 6.45) is 0. The Morgan fingerprint density at radius 2 is 2.07 bits per heavy atom. The fourth-order valence-corrected chi connectivity index (χ4v) is 1.42. The largest absolute Gasteiger partial charge is 0.352 e. The average molecular weight is 195 g/mol. The van der Waals surface area contributed by atoms with E-state index in [0.29, 0.717) is 17.7 Å². The summed E-state index contributed by atoms with van der Waals surface area (Å²) in [7, 11) is 0. The van der Waals surface area contributed by atoms with Crippen molar-refractivity contribution in [2.75, 3.05) is 6.54 Å². The van der Waals surface area contributed by atoms with Crippen LogP contribution in [0.15, 0.2) is 12.1 Å². The number of nitrogens with one attached hydrogen (secondary N) is 1. The highest BCUT2D eigenvalue weighted by molar-refractivity contribution is 5.97. The summed E-state index contributed by atoms with van der Waals surface area (Å²) in [6.45, 7) is 5.81. The summed E-state index contributed by atoms with van der Waals surface area (Å²) in [5.74, 6) is -0.543. The SMILES string of the molecule is CCNC(=O)c1c(C)ccc(F)c1C. The fraction of sp³-hybridized carbons (Fsp3) is 0.364. The van der Waals surface area contributed by atoms with Crippen molar-refractivity contribution in [3.05, 3.63) is 34.6 Å². The minimum atomic E-state index is -0.336. The molecule has 0 aliphatic heterocycles. The zero-order valence-electron chi connectivity index (χ0n) is 8.65. The first-order valence-corrected chi connectivity index (χ1v) is 4.61. The smallest absolute Gasteiger partial charge is 0.251 e. The Bertz CT molecular complexity index is 361. The summed E-state index contributed by atoms with van der Waals surface area (Å²) in [6, 6.07) is 3.00. The van der Waals surface area contributed by atoms with Crippen molar-refractivity contribution in [2.24, 2.45) is 0 Å².